The van der Waals surface area contributed by atoms with Gasteiger partial charge in [0.25, 0.3) is 0 Å². The molecule has 0 aliphatic carbocycles. The average molecular weight is 128 g/mol. The molecule has 3 nitrogen and oxygen atoms in total. The van der Waals surface area contributed by atoms with Crippen molar-refractivity contribution in [3.63, 3.8) is 0 Å². The SMILES string of the molecule is Cn1cc(F)cnc1=O. The van der Waals surface area contributed by atoms with Gasteiger partial charge in [-0.2, -0.15) is 4.98 Å². The third-order valence-corrected chi connectivity index (χ3v) is 0.917. The quantitative estimate of drug-likeness (QED) is 0.489. The summed E-state index contributed by atoms with van der Waals surface area (Å²) in [6.45, 7) is 0. The lowest BCUT2D eigenvalue weighted by Gasteiger charge is -1.91. The predicted molar refractivity (Wildman–Crippen MR) is 29.4 cm³/mol. The van der Waals surface area contributed by atoms with Crippen LogP contribution in [0.1, 0.15) is 0 Å². The van der Waals surface area contributed by atoms with E-state index in [-0.39, 0.29) is 0 Å². The molecular weight excluding hydrogens is 123 g/mol. The smallest absolute Gasteiger partial charge is 0.299 e. The monoisotopic (exact) mass is 128 g/mol. The summed E-state index contributed by atoms with van der Waals surface area (Å²) in [5, 5.41) is 0. The van der Waals surface area contributed by atoms with Crippen LogP contribution in [0.2, 0.25) is 0 Å². The molecule has 0 atom stereocenters. The lowest BCUT2D eigenvalue weighted by Crippen LogP contribution is -2.18. The van der Waals surface area contributed by atoms with Gasteiger partial charge in [0, 0.05) is 13.2 Å². The fraction of sp³-hybridized carbons (Fsp3) is 0.200. The molecule has 0 saturated heterocycles. The average Bonchev–Trinajstić information content (AvgIpc) is 1.80. The Balaban J connectivity index is 3.34. The van der Waals surface area contributed by atoms with Crippen molar-refractivity contribution in [1.29, 1.82) is 0 Å². The van der Waals surface area contributed by atoms with Crippen LogP contribution in [-0.4, -0.2) is 9.55 Å². The molecule has 0 saturated carbocycles. The molecule has 1 aromatic rings. The van der Waals surface area contributed by atoms with Gasteiger partial charge in [-0.25, -0.2) is 9.18 Å². The summed E-state index contributed by atoms with van der Waals surface area (Å²) in [5.74, 6) is -0.503. The number of halogens is 1. The zero-order chi connectivity index (χ0) is 6.85. The summed E-state index contributed by atoms with van der Waals surface area (Å²) in [6, 6.07) is 0. The Bertz CT molecular complexity index is 268. The van der Waals surface area contributed by atoms with E-state index in [1.165, 1.54) is 7.05 Å². The van der Waals surface area contributed by atoms with E-state index in [0.29, 0.717) is 0 Å². The van der Waals surface area contributed by atoms with Gasteiger partial charge >= 0.3 is 5.69 Å². The molecule has 1 aromatic heterocycles. The first-order valence-electron chi connectivity index (χ1n) is 2.38. The van der Waals surface area contributed by atoms with Gasteiger partial charge in [-0.15, -0.1) is 0 Å². The highest BCUT2D eigenvalue weighted by Crippen LogP contribution is 1.85. The minimum Gasteiger partial charge on any atom is -0.299 e. The van der Waals surface area contributed by atoms with Gasteiger partial charge in [-0.3, -0.25) is 4.57 Å². The van der Waals surface area contributed by atoms with Crippen LogP contribution in [0.25, 0.3) is 0 Å². The molecule has 0 fully saturated rings. The number of hydrogen-bond donors (Lipinski definition) is 0. The molecule has 0 unspecified atom stereocenters. The van der Waals surface area contributed by atoms with E-state index >= 15 is 0 Å². The first-order valence-corrected chi connectivity index (χ1v) is 2.38. The van der Waals surface area contributed by atoms with Crippen molar-refractivity contribution in [3.05, 3.63) is 28.7 Å². The Morgan fingerprint density at radius 1 is 1.78 bits per heavy atom. The fourth-order valence-electron chi connectivity index (χ4n) is 0.482. The van der Waals surface area contributed by atoms with Gasteiger partial charge in [-0.05, 0) is 0 Å². The Labute approximate surface area is 50.8 Å². The molecule has 4 heteroatoms. The highest BCUT2D eigenvalue weighted by atomic mass is 19.1. The van der Waals surface area contributed by atoms with Crippen LogP contribution >= 0.6 is 0 Å². The first-order chi connectivity index (χ1) is 4.20. The van der Waals surface area contributed by atoms with Gasteiger partial charge < -0.3 is 0 Å². The number of nitrogens with zero attached hydrogens (tertiary/aromatic N) is 2. The summed E-state index contributed by atoms with van der Waals surface area (Å²) in [4.78, 5) is 13.7. The highest BCUT2D eigenvalue weighted by Gasteiger charge is 1.90. The normalized spacial score (nSPS) is 9.56. The zero-order valence-corrected chi connectivity index (χ0v) is 4.84. The van der Waals surface area contributed by atoms with E-state index in [1.54, 1.807) is 0 Å². The molecule has 0 N–H and O–H groups in total. The standard InChI is InChI=1S/C5H5FN2O/c1-8-3-4(6)2-7-5(8)9/h2-3H,1H3. The molecule has 0 spiro atoms. The van der Waals surface area contributed by atoms with E-state index in [2.05, 4.69) is 4.98 Å². The summed E-state index contributed by atoms with van der Waals surface area (Å²) in [5.41, 5.74) is -0.448. The van der Waals surface area contributed by atoms with Gasteiger partial charge in [0.1, 0.15) is 0 Å². The second kappa shape index (κ2) is 1.97. The first kappa shape index (κ1) is 5.94. The zero-order valence-electron chi connectivity index (χ0n) is 4.84. The number of hydrogen-bond acceptors (Lipinski definition) is 2. The second-order valence-electron chi connectivity index (χ2n) is 1.67. The third kappa shape index (κ3) is 1.13. The number of aryl methyl sites for hydroxylation is 1. The van der Waals surface area contributed by atoms with Crippen LogP contribution < -0.4 is 5.69 Å². The predicted octanol–water partition coefficient (Wildman–Crippen LogP) is -0.0806. The lowest BCUT2D eigenvalue weighted by atomic mass is 10.6. The number of rotatable bonds is 0. The van der Waals surface area contributed by atoms with Crippen molar-refractivity contribution < 1.29 is 4.39 Å². The van der Waals surface area contributed by atoms with Gasteiger partial charge in [-0.1, -0.05) is 0 Å². The van der Waals surface area contributed by atoms with Crippen LogP contribution in [0.3, 0.4) is 0 Å². The van der Waals surface area contributed by atoms with Crippen molar-refractivity contribution >= 4 is 0 Å². The minimum absolute atomic E-state index is 0.448. The van der Waals surface area contributed by atoms with E-state index in [1.807, 2.05) is 0 Å². The Morgan fingerprint density at radius 2 is 2.44 bits per heavy atom. The van der Waals surface area contributed by atoms with E-state index in [0.717, 1.165) is 17.0 Å². The van der Waals surface area contributed by atoms with E-state index < -0.39 is 11.5 Å². The van der Waals surface area contributed by atoms with Gasteiger partial charge in [0.15, 0.2) is 5.82 Å². The summed E-state index contributed by atoms with van der Waals surface area (Å²) in [7, 11) is 1.44. The Morgan fingerprint density at radius 3 is 2.89 bits per heavy atom. The maximum atomic E-state index is 12.1. The van der Waals surface area contributed by atoms with Crippen LogP contribution in [0.15, 0.2) is 17.2 Å². The molecule has 1 heterocycles. The van der Waals surface area contributed by atoms with Crippen molar-refractivity contribution in [3.8, 4) is 0 Å². The fourth-order valence-corrected chi connectivity index (χ4v) is 0.482. The van der Waals surface area contributed by atoms with Crippen LogP contribution in [0.5, 0.6) is 0 Å². The molecule has 0 aromatic carbocycles. The molecule has 48 valence electrons. The summed E-state index contributed by atoms with van der Waals surface area (Å²) >= 11 is 0. The summed E-state index contributed by atoms with van der Waals surface area (Å²) < 4.78 is 13.2. The maximum Gasteiger partial charge on any atom is 0.347 e. The van der Waals surface area contributed by atoms with Gasteiger partial charge in [0.2, 0.25) is 0 Å². The Hall–Kier alpha value is -1.19. The van der Waals surface area contributed by atoms with E-state index in [4.69, 9.17) is 0 Å². The van der Waals surface area contributed by atoms with Crippen molar-refractivity contribution in [2.24, 2.45) is 7.05 Å². The molecule has 9 heavy (non-hydrogen) atoms. The maximum absolute atomic E-state index is 12.1. The van der Waals surface area contributed by atoms with Crippen molar-refractivity contribution in [2.75, 3.05) is 0 Å². The Kier molecular flexibility index (Phi) is 1.30. The second-order valence-corrected chi connectivity index (χ2v) is 1.67. The minimum atomic E-state index is -0.503. The third-order valence-electron chi connectivity index (χ3n) is 0.917. The van der Waals surface area contributed by atoms with Crippen molar-refractivity contribution in [1.82, 2.24) is 9.55 Å². The van der Waals surface area contributed by atoms with Gasteiger partial charge in [0.05, 0.1) is 6.20 Å². The topological polar surface area (TPSA) is 34.9 Å². The summed E-state index contributed by atoms with van der Waals surface area (Å²) in [6.07, 6.45) is 1.97. The lowest BCUT2D eigenvalue weighted by molar-refractivity contribution is 0.591. The largest absolute Gasteiger partial charge is 0.347 e. The highest BCUT2D eigenvalue weighted by molar-refractivity contribution is 4.84. The van der Waals surface area contributed by atoms with Crippen LogP contribution in [0.4, 0.5) is 4.39 Å². The molecule has 0 radical (unpaired) electrons. The number of aromatic nitrogens is 2. The van der Waals surface area contributed by atoms with E-state index in [9.17, 15) is 9.18 Å². The molecular formula is C5H5FN2O. The molecule has 0 aliphatic rings. The molecule has 0 aliphatic heterocycles. The van der Waals surface area contributed by atoms with Crippen LogP contribution in [0, 0.1) is 5.82 Å². The van der Waals surface area contributed by atoms with Crippen LogP contribution in [-0.2, 0) is 7.05 Å². The molecule has 1 rings (SSSR count). The molecule has 0 bridgehead atoms. The van der Waals surface area contributed by atoms with Crippen molar-refractivity contribution in [2.45, 2.75) is 0 Å². The molecule has 0 amide bonds.